The summed E-state index contributed by atoms with van der Waals surface area (Å²) >= 11 is 0. The summed E-state index contributed by atoms with van der Waals surface area (Å²) in [5.74, 6) is 0. The van der Waals surface area contributed by atoms with Crippen LogP contribution in [0.4, 0.5) is 4.39 Å². The van der Waals surface area contributed by atoms with Gasteiger partial charge in [-0.2, -0.15) is 0 Å². The highest BCUT2D eigenvalue weighted by molar-refractivity contribution is 4.84. The van der Waals surface area contributed by atoms with Gasteiger partial charge in [0.05, 0.1) is 0 Å². The van der Waals surface area contributed by atoms with E-state index in [4.69, 9.17) is 4.74 Å². The quantitative estimate of drug-likeness (QED) is 0.643. The molecule has 2 saturated heterocycles. The Morgan fingerprint density at radius 2 is 1.93 bits per heavy atom. The van der Waals surface area contributed by atoms with Gasteiger partial charge in [0.1, 0.15) is 6.17 Å². The summed E-state index contributed by atoms with van der Waals surface area (Å²) in [5.41, 5.74) is 0. The molecule has 2 rings (SSSR count). The molecule has 2 heterocycles. The highest BCUT2D eigenvalue weighted by Crippen LogP contribution is 2.25. The van der Waals surface area contributed by atoms with E-state index in [-0.39, 0.29) is 0 Å². The Morgan fingerprint density at radius 1 is 1.21 bits per heavy atom. The van der Waals surface area contributed by atoms with Crippen molar-refractivity contribution < 1.29 is 9.13 Å². The molecule has 0 aromatic carbocycles. The summed E-state index contributed by atoms with van der Waals surface area (Å²) in [6.45, 7) is 4.86. The van der Waals surface area contributed by atoms with Crippen molar-refractivity contribution in [1.29, 1.82) is 0 Å². The van der Waals surface area contributed by atoms with Crippen LogP contribution in [-0.4, -0.2) is 42.9 Å². The Balaban J connectivity index is 1.89. The van der Waals surface area contributed by atoms with Gasteiger partial charge >= 0.3 is 0 Å². The average Bonchev–Trinajstić information content (AvgIpc) is 2.19. The van der Waals surface area contributed by atoms with E-state index in [2.05, 4.69) is 11.8 Å². The molecule has 0 N–H and O–H groups in total. The zero-order chi connectivity index (χ0) is 9.97. The third-order valence-electron chi connectivity index (χ3n) is 3.52. The molecule has 2 atom stereocenters. The molecule has 82 valence electrons. The molecule has 0 saturated carbocycles. The Hall–Kier alpha value is -0.150. The fraction of sp³-hybridized carbons (Fsp3) is 1.00. The second-order valence-corrected chi connectivity index (χ2v) is 4.55. The van der Waals surface area contributed by atoms with Crippen molar-refractivity contribution in [1.82, 2.24) is 4.90 Å². The average molecular weight is 201 g/mol. The van der Waals surface area contributed by atoms with Crippen LogP contribution in [-0.2, 0) is 4.74 Å². The van der Waals surface area contributed by atoms with Crippen LogP contribution in [0.2, 0.25) is 0 Å². The Bertz CT molecular complexity index is 182. The fourth-order valence-electron chi connectivity index (χ4n) is 2.69. The maximum absolute atomic E-state index is 13.1. The number of rotatable bonds is 1. The van der Waals surface area contributed by atoms with E-state index in [1.54, 1.807) is 0 Å². The Kier molecular flexibility index (Phi) is 3.39. The minimum Gasteiger partial charge on any atom is -0.381 e. The molecule has 0 aromatic heterocycles. The van der Waals surface area contributed by atoms with E-state index in [1.807, 2.05) is 0 Å². The second-order valence-electron chi connectivity index (χ2n) is 4.55. The number of likely N-dealkylation sites (tertiary alicyclic amines) is 1. The number of ether oxygens (including phenoxy) is 1. The zero-order valence-electron chi connectivity index (χ0n) is 8.92. The minimum absolute atomic E-state index is 0.418. The van der Waals surface area contributed by atoms with Gasteiger partial charge in [0, 0.05) is 31.8 Å². The number of piperidine rings is 1. The van der Waals surface area contributed by atoms with Gasteiger partial charge in [0.2, 0.25) is 0 Å². The predicted molar refractivity (Wildman–Crippen MR) is 54.1 cm³/mol. The van der Waals surface area contributed by atoms with Crippen molar-refractivity contribution in [2.24, 2.45) is 0 Å². The molecule has 2 unspecified atom stereocenters. The lowest BCUT2D eigenvalue weighted by Crippen LogP contribution is -2.49. The number of halogens is 1. The molecule has 0 aliphatic carbocycles. The van der Waals surface area contributed by atoms with Gasteiger partial charge in [-0.25, -0.2) is 4.39 Å². The SMILES string of the molecule is CC1CC(F)CCN1C1CCOCC1. The normalized spacial score (nSPS) is 37.3. The highest BCUT2D eigenvalue weighted by Gasteiger charge is 2.30. The van der Waals surface area contributed by atoms with Crippen molar-refractivity contribution in [2.75, 3.05) is 19.8 Å². The molecule has 3 heteroatoms. The predicted octanol–water partition coefficient (Wildman–Crippen LogP) is 1.99. The lowest BCUT2D eigenvalue weighted by atomic mass is 9.96. The van der Waals surface area contributed by atoms with E-state index >= 15 is 0 Å². The topological polar surface area (TPSA) is 12.5 Å². The molecular formula is C11H20FNO. The van der Waals surface area contributed by atoms with Gasteiger partial charge in [0.15, 0.2) is 0 Å². The summed E-state index contributed by atoms with van der Waals surface area (Å²) < 4.78 is 18.5. The van der Waals surface area contributed by atoms with Crippen molar-refractivity contribution in [3.8, 4) is 0 Å². The molecule has 0 radical (unpaired) electrons. The van der Waals surface area contributed by atoms with E-state index < -0.39 is 6.17 Å². The van der Waals surface area contributed by atoms with E-state index in [9.17, 15) is 4.39 Å². The molecule has 2 aliphatic heterocycles. The van der Waals surface area contributed by atoms with E-state index in [0.29, 0.717) is 12.1 Å². The van der Waals surface area contributed by atoms with Crippen LogP contribution in [0.15, 0.2) is 0 Å². The molecule has 0 aromatic rings. The van der Waals surface area contributed by atoms with E-state index in [1.165, 1.54) is 0 Å². The number of alkyl halides is 1. The molecular weight excluding hydrogens is 181 g/mol. The van der Waals surface area contributed by atoms with Crippen LogP contribution in [0.1, 0.15) is 32.6 Å². The third kappa shape index (κ3) is 2.26. The van der Waals surface area contributed by atoms with Gasteiger partial charge in [-0.3, -0.25) is 4.90 Å². The Labute approximate surface area is 85.4 Å². The third-order valence-corrected chi connectivity index (χ3v) is 3.52. The summed E-state index contributed by atoms with van der Waals surface area (Å²) in [6.07, 6.45) is 3.13. The first-order valence-electron chi connectivity index (χ1n) is 5.75. The smallest absolute Gasteiger partial charge is 0.103 e. The summed E-state index contributed by atoms with van der Waals surface area (Å²) in [6, 6.07) is 1.06. The number of nitrogens with zero attached hydrogens (tertiary/aromatic N) is 1. The minimum atomic E-state index is -0.568. The second kappa shape index (κ2) is 4.58. The number of hydrogen-bond acceptors (Lipinski definition) is 2. The van der Waals surface area contributed by atoms with Gasteiger partial charge < -0.3 is 4.74 Å². The molecule has 0 spiro atoms. The maximum atomic E-state index is 13.1. The summed E-state index contributed by atoms with van der Waals surface area (Å²) in [5, 5.41) is 0. The van der Waals surface area contributed by atoms with Crippen molar-refractivity contribution >= 4 is 0 Å². The van der Waals surface area contributed by atoms with Crippen LogP contribution in [0.3, 0.4) is 0 Å². The van der Waals surface area contributed by atoms with Crippen LogP contribution < -0.4 is 0 Å². The van der Waals surface area contributed by atoms with Crippen LogP contribution >= 0.6 is 0 Å². The van der Waals surface area contributed by atoms with Crippen molar-refractivity contribution in [2.45, 2.75) is 50.9 Å². The number of hydrogen-bond donors (Lipinski definition) is 0. The lowest BCUT2D eigenvalue weighted by Gasteiger charge is -2.42. The first-order chi connectivity index (χ1) is 6.77. The van der Waals surface area contributed by atoms with Crippen molar-refractivity contribution in [3.05, 3.63) is 0 Å². The fourth-order valence-corrected chi connectivity index (χ4v) is 2.69. The molecule has 0 bridgehead atoms. The van der Waals surface area contributed by atoms with Crippen molar-refractivity contribution in [3.63, 3.8) is 0 Å². The zero-order valence-corrected chi connectivity index (χ0v) is 8.92. The van der Waals surface area contributed by atoms with Gasteiger partial charge in [-0.15, -0.1) is 0 Å². The highest BCUT2D eigenvalue weighted by atomic mass is 19.1. The van der Waals surface area contributed by atoms with Crippen LogP contribution in [0.5, 0.6) is 0 Å². The molecule has 0 amide bonds. The van der Waals surface area contributed by atoms with Crippen LogP contribution in [0.25, 0.3) is 0 Å². The Morgan fingerprint density at radius 3 is 2.57 bits per heavy atom. The lowest BCUT2D eigenvalue weighted by molar-refractivity contribution is -0.00441. The monoisotopic (exact) mass is 201 g/mol. The molecule has 14 heavy (non-hydrogen) atoms. The van der Waals surface area contributed by atoms with Gasteiger partial charge in [-0.05, 0) is 32.6 Å². The largest absolute Gasteiger partial charge is 0.381 e. The first-order valence-corrected chi connectivity index (χ1v) is 5.75. The molecule has 2 nitrogen and oxygen atoms in total. The molecule has 2 fully saturated rings. The maximum Gasteiger partial charge on any atom is 0.103 e. The van der Waals surface area contributed by atoms with Gasteiger partial charge in [-0.1, -0.05) is 0 Å². The summed E-state index contributed by atoms with van der Waals surface area (Å²) in [7, 11) is 0. The first kappa shape index (κ1) is 10.4. The van der Waals surface area contributed by atoms with Crippen LogP contribution in [0, 0.1) is 0 Å². The standard InChI is InChI=1S/C11H20FNO/c1-9-8-10(12)2-5-13(9)11-3-6-14-7-4-11/h9-11H,2-8H2,1H3. The van der Waals surface area contributed by atoms with E-state index in [0.717, 1.165) is 45.4 Å². The molecule has 2 aliphatic rings. The van der Waals surface area contributed by atoms with Gasteiger partial charge in [0.25, 0.3) is 0 Å². The summed E-state index contributed by atoms with van der Waals surface area (Å²) in [4.78, 5) is 2.48.